The van der Waals surface area contributed by atoms with Crippen LogP contribution in [0.3, 0.4) is 0 Å². The second kappa shape index (κ2) is 10.2. The molecule has 0 saturated carbocycles. The van der Waals surface area contributed by atoms with E-state index in [2.05, 4.69) is 39.2 Å². The van der Waals surface area contributed by atoms with Gasteiger partial charge in [-0.25, -0.2) is 9.59 Å². The van der Waals surface area contributed by atoms with E-state index >= 15 is 0 Å². The van der Waals surface area contributed by atoms with Gasteiger partial charge in [-0.2, -0.15) is 0 Å². The Balaban J connectivity index is 2.38. The quantitative estimate of drug-likeness (QED) is 0.367. The van der Waals surface area contributed by atoms with Crippen molar-refractivity contribution in [2.24, 2.45) is 0 Å². The number of ether oxygens (including phenoxy) is 2. The lowest BCUT2D eigenvalue weighted by molar-refractivity contribution is -0.153. The third-order valence-corrected chi connectivity index (χ3v) is 11.2. The fourth-order valence-corrected chi connectivity index (χ4v) is 5.40. The highest BCUT2D eigenvalue weighted by Gasteiger charge is 2.52. The molecule has 0 aromatic rings. The summed E-state index contributed by atoms with van der Waals surface area (Å²) in [6.07, 6.45) is 5.13. The fraction of sp³-hybridized carbons (Fsp3) is 0.792. The number of carbonyl (C=O) groups is 3. The number of hydrogen-bond acceptors (Lipinski definition) is 6. The highest BCUT2D eigenvalue weighted by molar-refractivity contribution is 6.74. The molecule has 9 heteroatoms. The van der Waals surface area contributed by atoms with E-state index in [1.165, 1.54) is 7.11 Å². The van der Waals surface area contributed by atoms with Gasteiger partial charge in [0.25, 0.3) is 0 Å². The van der Waals surface area contributed by atoms with Gasteiger partial charge in [-0.1, -0.05) is 32.9 Å². The fourth-order valence-electron chi connectivity index (χ4n) is 4.04. The van der Waals surface area contributed by atoms with E-state index in [9.17, 15) is 14.4 Å². The molecule has 8 nitrogen and oxygen atoms in total. The van der Waals surface area contributed by atoms with E-state index in [1.54, 1.807) is 25.7 Å². The topological polar surface area (TPSA) is 94.2 Å². The van der Waals surface area contributed by atoms with Gasteiger partial charge < -0.3 is 24.1 Å². The van der Waals surface area contributed by atoms with Crippen molar-refractivity contribution in [2.75, 3.05) is 7.11 Å². The number of amides is 2. The van der Waals surface area contributed by atoms with Gasteiger partial charge >= 0.3 is 12.1 Å². The summed E-state index contributed by atoms with van der Waals surface area (Å²) in [5.41, 5.74) is -0.686. The number of alkyl carbamates (subject to hydrolysis) is 1. The molecule has 0 spiro atoms. The Morgan fingerprint density at radius 3 is 2.30 bits per heavy atom. The minimum absolute atomic E-state index is 0.00952. The van der Waals surface area contributed by atoms with E-state index in [0.29, 0.717) is 19.3 Å². The van der Waals surface area contributed by atoms with Crippen molar-refractivity contribution in [3.8, 4) is 0 Å². The van der Waals surface area contributed by atoms with E-state index in [-0.39, 0.29) is 23.1 Å². The molecule has 188 valence electrons. The van der Waals surface area contributed by atoms with Gasteiger partial charge in [0.05, 0.1) is 19.3 Å². The molecule has 1 N–H and O–H groups in total. The zero-order valence-electron chi connectivity index (χ0n) is 21.7. The molecule has 0 aliphatic carbocycles. The number of allylic oxidation sites excluding steroid dienone is 1. The van der Waals surface area contributed by atoms with Crippen LogP contribution in [0.1, 0.15) is 67.2 Å². The first kappa shape index (κ1) is 27.4. The second-order valence-corrected chi connectivity index (χ2v) is 16.2. The summed E-state index contributed by atoms with van der Waals surface area (Å²) in [5, 5.41) is 2.70. The van der Waals surface area contributed by atoms with Crippen LogP contribution in [0.25, 0.3) is 0 Å². The van der Waals surface area contributed by atoms with Gasteiger partial charge in [-0.15, -0.1) is 0 Å². The molecule has 0 unspecified atom stereocenters. The average Bonchev–Trinajstić information content (AvgIpc) is 3.02. The summed E-state index contributed by atoms with van der Waals surface area (Å²) in [4.78, 5) is 40.5. The van der Waals surface area contributed by atoms with Gasteiger partial charge in [-0.05, 0) is 58.2 Å². The smallest absolute Gasteiger partial charge is 0.408 e. The van der Waals surface area contributed by atoms with Crippen LogP contribution in [0, 0.1) is 0 Å². The van der Waals surface area contributed by atoms with Crippen LogP contribution in [0.2, 0.25) is 18.1 Å². The first-order valence-corrected chi connectivity index (χ1v) is 14.7. The summed E-state index contributed by atoms with van der Waals surface area (Å²) in [6, 6.07) is -1.86. The summed E-state index contributed by atoms with van der Waals surface area (Å²) in [7, 11) is -0.821. The molecule has 2 amide bonds. The van der Waals surface area contributed by atoms with E-state index < -0.39 is 38.1 Å². The van der Waals surface area contributed by atoms with Crippen LogP contribution < -0.4 is 5.32 Å². The van der Waals surface area contributed by atoms with Crippen molar-refractivity contribution in [2.45, 2.75) is 115 Å². The summed E-state index contributed by atoms with van der Waals surface area (Å²) in [5.74, 6) is -0.771. The van der Waals surface area contributed by atoms with Crippen LogP contribution in [0.15, 0.2) is 12.2 Å². The lowest BCUT2D eigenvalue weighted by Crippen LogP contribution is -2.55. The Morgan fingerprint density at radius 2 is 1.76 bits per heavy atom. The minimum Gasteiger partial charge on any atom is -0.467 e. The zero-order valence-corrected chi connectivity index (χ0v) is 22.7. The number of esters is 1. The first-order chi connectivity index (χ1) is 15.1. The van der Waals surface area contributed by atoms with Gasteiger partial charge in [0.1, 0.15) is 17.7 Å². The molecule has 0 aromatic heterocycles. The normalized spacial score (nSPS) is 27.7. The Kier molecular flexibility index (Phi) is 8.44. The average molecular weight is 483 g/mol. The van der Waals surface area contributed by atoms with Gasteiger partial charge in [0.15, 0.2) is 8.32 Å². The molecule has 2 rings (SSSR count). The molecule has 0 aromatic carbocycles. The summed E-state index contributed by atoms with van der Waals surface area (Å²) in [6.45, 7) is 16.2. The molecule has 0 radical (unpaired) electrons. The van der Waals surface area contributed by atoms with Crippen molar-refractivity contribution >= 4 is 26.3 Å². The minimum atomic E-state index is -2.15. The molecular formula is C24H42N2O6Si. The molecular weight excluding hydrogens is 440 g/mol. The molecule has 0 bridgehead atoms. The Hall–Kier alpha value is -1.87. The highest BCUT2D eigenvalue weighted by Crippen LogP contribution is 2.41. The van der Waals surface area contributed by atoms with E-state index in [4.69, 9.17) is 13.9 Å². The number of nitrogens with one attached hydrogen (secondary N) is 1. The van der Waals surface area contributed by atoms with E-state index in [0.717, 1.165) is 6.42 Å². The van der Waals surface area contributed by atoms with Crippen molar-refractivity contribution in [1.29, 1.82) is 0 Å². The SMILES string of the molecule is COC(=O)[C@@H]1C[C@@H](O[Si](C)(C)C(C)(C)C)[C@@H]2CC/C=C\C[C@H](NC(=O)OC(C)(C)C)C(=O)N12. The number of rotatable bonds is 4. The van der Waals surface area contributed by atoms with Crippen LogP contribution >= 0.6 is 0 Å². The number of carbonyl (C=O) groups excluding carboxylic acids is 3. The van der Waals surface area contributed by atoms with Gasteiger partial charge in [0.2, 0.25) is 5.91 Å². The van der Waals surface area contributed by atoms with Crippen molar-refractivity contribution in [3.05, 3.63) is 12.2 Å². The maximum Gasteiger partial charge on any atom is 0.408 e. The number of hydrogen-bond donors (Lipinski definition) is 1. The monoisotopic (exact) mass is 482 g/mol. The van der Waals surface area contributed by atoms with Crippen LogP contribution in [0.4, 0.5) is 4.79 Å². The molecule has 33 heavy (non-hydrogen) atoms. The number of nitrogens with zero attached hydrogens (tertiary/aromatic N) is 1. The van der Waals surface area contributed by atoms with Crippen molar-refractivity contribution in [3.63, 3.8) is 0 Å². The standard InChI is InChI=1S/C24H42N2O6Si/c1-23(2,3)31-22(29)25-16-13-11-10-12-14-17-19(32-33(8,9)24(4,5)6)15-18(21(28)30-7)26(17)20(16)27/h10-11,16-19H,12-15H2,1-9H3,(H,25,29)/b11-10-/t16-,17-,18-,19+/m0/s1. The maximum absolute atomic E-state index is 13.7. The third kappa shape index (κ3) is 6.82. The Morgan fingerprint density at radius 1 is 1.12 bits per heavy atom. The molecule has 1 saturated heterocycles. The van der Waals surface area contributed by atoms with Crippen LogP contribution in [-0.2, 0) is 23.5 Å². The molecule has 4 atom stereocenters. The largest absolute Gasteiger partial charge is 0.467 e. The summed E-state index contributed by atoms with van der Waals surface area (Å²) < 4.78 is 17.2. The summed E-state index contributed by atoms with van der Waals surface area (Å²) >= 11 is 0. The lowest BCUT2D eigenvalue weighted by atomic mass is 10.1. The van der Waals surface area contributed by atoms with Gasteiger partial charge in [0, 0.05) is 6.42 Å². The van der Waals surface area contributed by atoms with E-state index in [1.807, 2.05) is 12.2 Å². The molecule has 2 aliphatic heterocycles. The van der Waals surface area contributed by atoms with Crippen LogP contribution in [-0.4, -0.2) is 68.1 Å². The van der Waals surface area contributed by atoms with Crippen molar-refractivity contribution in [1.82, 2.24) is 10.2 Å². The Bertz CT molecular complexity index is 768. The zero-order chi connectivity index (χ0) is 25.2. The molecule has 1 fully saturated rings. The Labute approximate surface area is 199 Å². The van der Waals surface area contributed by atoms with Gasteiger partial charge in [-0.3, -0.25) is 4.79 Å². The predicted octanol–water partition coefficient (Wildman–Crippen LogP) is 4.15. The number of fused-ring (bicyclic) bond motifs is 1. The lowest BCUT2D eigenvalue weighted by Gasteiger charge is -2.40. The molecule has 2 aliphatic rings. The predicted molar refractivity (Wildman–Crippen MR) is 129 cm³/mol. The number of methoxy groups -OCH3 is 1. The third-order valence-electron chi connectivity index (χ3n) is 6.71. The molecule has 2 heterocycles. The van der Waals surface area contributed by atoms with Crippen molar-refractivity contribution < 1.29 is 28.3 Å². The highest BCUT2D eigenvalue weighted by atomic mass is 28.4. The van der Waals surface area contributed by atoms with Crippen LogP contribution in [0.5, 0.6) is 0 Å². The second-order valence-electron chi connectivity index (χ2n) is 11.5. The first-order valence-electron chi connectivity index (χ1n) is 11.8. The maximum atomic E-state index is 13.7.